The summed E-state index contributed by atoms with van der Waals surface area (Å²) in [5, 5.41) is 3.34. The van der Waals surface area contributed by atoms with Gasteiger partial charge in [0.1, 0.15) is 0 Å². The molecule has 1 unspecified atom stereocenters. The van der Waals surface area contributed by atoms with Crippen LogP contribution in [0.25, 0.3) is 0 Å². The highest BCUT2D eigenvalue weighted by Crippen LogP contribution is 2.29. The molecule has 1 saturated carbocycles. The molecule has 0 heterocycles. The molecule has 98 valence electrons. The maximum absolute atomic E-state index is 10.9. The van der Waals surface area contributed by atoms with E-state index in [0.717, 1.165) is 6.42 Å². The predicted molar refractivity (Wildman–Crippen MR) is 73.1 cm³/mol. The number of amides is 1. The minimum Gasteiger partial charge on any atom is -0.369 e. The molecule has 1 aromatic rings. The Labute approximate surface area is 109 Å². The number of carbonyl (C=O) groups excluding carboxylic acids is 1. The molecular formula is C15H22N2O. The SMILES string of the molecule is NC(=O)CNC(Cc1ccccc1)C1CCCC1. The first-order valence-corrected chi connectivity index (χ1v) is 6.81. The van der Waals surface area contributed by atoms with Crippen molar-refractivity contribution in [1.29, 1.82) is 0 Å². The van der Waals surface area contributed by atoms with Crippen LogP contribution in [-0.4, -0.2) is 18.5 Å². The summed E-state index contributed by atoms with van der Waals surface area (Å²) in [6.07, 6.45) is 6.15. The van der Waals surface area contributed by atoms with Gasteiger partial charge in [-0.25, -0.2) is 0 Å². The van der Waals surface area contributed by atoms with E-state index in [0.29, 0.717) is 12.0 Å². The number of nitrogens with one attached hydrogen (secondary N) is 1. The van der Waals surface area contributed by atoms with Crippen LogP contribution in [0.15, 0.2) is 30.3 Å². The summed E-state index contributed by atoms with van der Waals surface area (Å²) < 4.78 is 0. The summed E-state index contributed by atoms with van der Waals surface area (Å²) in [5.41, 5.74) is 6.56. The second-order valence-corrected chi connectivity index (χ2v) is 5.19. The van der Waals surface area contributed by atoms with Crippen molar-refractivity contribution in [1.82, 2.24) is 5.32 Å². The zero-order valence-corrected chi connectivity index (χ0v) is 10.8. The highest BCUT2D eigenvalue weighted by molar-refractivity contribution is 5.75. The minimum absolute atomic E-state index is 0.272. The average Bonchev–Trinajstić information content (AvgIpc) is 2.89. The summed E-state index contributed by atoms with van der Waals surface area (Å²) in [6, 6.07) is 10.8. The van der Waals surface area contributed by atoms with Gasteiger partial charge in [0.25, 0.3) is 0 Å². The number of carbonyl (C=O) groups is 1. The lowest BCUT2D eigenvalue weighted by Crippen LogP contribution is -2.41. The molecule has 0 radical (unpaired) electrons. The Morgan fingerprint density at radius 1 is 1.28 bits per heavy atom. The topological polar surface area (TPSA) is 55.1 Å². The Balaban J connectivity index is 1.97. The molecule has 0 aromatic heterocycles. The fourth-order valence-corrected chi connectivity index (χ4v) is 2.86. The van der Waals surface area contributed by atoms with E-state index in [4.69, 9.17) is 5.73 Å². The molecule has 1 aliphatic rings. The highest BCUT2D eigenvalue weighted by Gasteiger charge is 2.25. The molecule has 18 heavy (non-hydrogen) atoms. The Kier molecular flexibility index (Phi) is 4.76. The third kappa shape index (κ3) is 3.84. The first-order valence-electron chi connectivity index (χ1n) is 6.81. The average molecular weight is 246 g/mol. The molecule has 0 saturated heterocycles. The maximum Gasteiger partial charge on any atom is 0.231 e. The molecule has 2 rings (SSSR count). The van der Waals surface area contributed by atoms with E-state index in [-0.39, 0.29) is 12.5 Å². The summed E-state index contributed by atoms with van der Waals surface area (Å²) in [4.78, 5) is 10.9. The Morgan fingerprint density at radius 2 is 1.94 bits per heavy atom. The number of benzene rings is 1. The summed E-state index contributed by atoms with van der Waals surface area (Å²) >= 11 is 0. The molecule has 1 aliphatic carbocycles. The third-order valence-corrected chi connectivity index (χ3v) is 3.81. The number of nitrogens with two attached hydrogens (primary N) is 1. The van der Waals surface area contributed by atoms with Gasteiger partial charge in [0.05, 0.1) is 6.54 Å². The smallest absolute Gasteiger partial charge is 0.231 e. The van der Waals surface area contributed by atoms with Gasteiger partial charge < -0.3 is 11.1 Å². The number of hydrogen-bond donors (Lipinski definition) is 2. The molecule has 1 aromatic carbocycles. The fourth-order valence-electron chi connectivity index (χ4n) is 2.86. The van der Waals surface area contributed by atoms with Crippen LogP contribution in [0, 0.1) is 5.92 Å². The fraction of sp³-hybridized carbons (Fsp3) is 0.533. The van der Waals surface area contributed by atoms with Crippen LogP contribution in [0.5, 0.6) is 0 Å². The van der Waals surface area contributed by atoms with Crippen LogP contribution < -0.4 is 11.1 Å². The van der Waals surface area contributed by atoms with Gasteiger partial charge in [-0.1, -0.05) is 43.2 Å². The lowest BCUT2D eigenvalue weighted by atomic mass is 9.92. The van der Waals surface area contributed by atoms with Gasteiger partial charge in [-0.05, 0) is 30.7 Å². The molecular weight excluding hydrogens is 224 g/mol. The van der Waals surface area contributed by atoms with Gasteiger partial charge in [-0.3, -0.25) is 4.79 Å². The lowest BCUT2D eigenvalue weighted by Gasteiger charge is -2.24. The van der Waals surface area contributed by atoms with Crippen LogP contribution in [0.3, 0.4) is 0 Å². The van der Waals surface area contributed by atoms with E-state index >= 15 is 0 Å². The van der Waals surface area contributed by atoms with Crippen molar-refractivity contribution in [2.24, 2.45) is 11.7 Å². The second-order valence-electron chi connectivity index (χ2n) is 5.19. The van der Waals surface area contributed by atoms with Gasteiger partial charge in [0.15, 0.2) is 0 Å². The van der Waals surface area contributed by atoms with E-state index in [2.05, 4.69) is 29.6 Å². The van der Waals surface area contributed by atoms with Crippen LogP contribution in [0.4, 0.5) is 0 Å². The van der Waals surface area contributed by atoms with E-state index < -0.39 is 0 Å². The highest BCUT2D eigenvalue weighted by atomic mass is 16.1. The van der Waals surface area contributed by atoms with Gasteiger partial charge >= 0.3 is 0 Å². The monoisotopic (exact) mass is 246 g/mol. The maximum atomic E-state index is 10.9. The van der Waals surface area contributed by atoms with Gasteiger partial charge in [0.2, 0.25) is 5.91 Å². The van der Waals surface area contributed by atoms with Crippen molar-refractivity contribution >= 4 is 5.91 Å². The molecule has 0 aliphatic heterocycles. The van der Waals surface area contributed by atoms with Crippen molar-refractivity contribution in [3.63, 3.8) is 0 Å². The van der Waals surface area contributed by atoms with Gasteiger partial charge in [0, 0.05) is 6.04 Å². The number of hydrogen-bond acceptors (Lipinski definition) is 2. The molecule has 3 heteroatoms. The summed E-state index contributed by atoms with van der Waals surface area (Å²) in [5.74, 6) is 0.413. The normalized spacial score (nSPS) is 17.8. The molecule has 1 amide bonds. The molecule has 1 atom stereocenters. The first-order chi connectivity index (χ1) is 8.75. The molecule has 0 bridgehead atoms. The van der Waals surface area contributed by atoms with Crippen molar-refractivity contribution < 1.29 is 4.79 Å². The largest absolute Gasteiger partial charge is 0.369 e. The van der Waals surface area contributed by atoms with Crippen LogP contribution in [-0.2, 0) is 11.2 Å². The first kappa shape index (κ1) is 13.1. The van der Waals surface area contributed by atoms with Crippen LogP contribution >= 0.6 is 0 Å². The molecule has 1 fully saturated rings. The van der Waals surface area contributed by atoms with Gasteiger partial charge in [-0.2, -0.15) is 0 Å². The minimum atomic E-state index is -0.272. The quantitative estimate of drug-likeness (QED) is 0.805. The number of rotatable bonds is 6. The van der Waals surface area contributed by atoms with E-state index in [1.807, 2.05) is 6.07 Å². The molecule has 3 nitrogen and oxygen atoms in total. The van der Waals surface area contributed by atoms with Crippen molar-refractivity contribution in [3.05, 3.63) is 35.9 Å². The Bertz CT molecular complexity index is 371. The van der Waals surface area contributed by atoms with Crippen molar-refractivity contribution in [3.8, 4) is 0 Å². The standard InChI is InChI=1S/C15H22N2O/c16-15(18)11-17-14(13-8-4-5-9-13)10-12-6-2-1-3-7-12/h1-3,6-7,13-14,17H,4-5,8-11H2,(H2,16,18). The Morgan fingerprint density at radius 3 is 2.56 bits per heavy atom. The van der Waals surface area contributed by atoms with Crippen molar-refractivity contribution in [2.45, 2.75) is 38.1 Å². The lowest BCUT2D eigenvalue weighted by molar-refractivity contribution is -0.117. The predicted octanol–water partition coefficient (Wildman–Crippen LogP) is 1.86. The summed E-state index contributed by atoms with van der Waals surface area (Å²) in [7, 11) is 0. The van der Waals surface area contributed by atoms with Crippen LogP contribution in [0.2, 0.25) is 0 Å². The zero-order valence-electron chi connectivity index (χ0n) is 10.8. The van der Waals surface area contributed by atoms with Crippen molar-refractivity contribution in [2.75, 3.05) is 6.54 Å². The second kappa shape index (κ2) is 6.55. The molecule has 0 spiro atoms. The van der Waals surface area contributed by atoms with Crippen LogP contribution in [0.1, 0.15) is 31.2 Å². The van der Waals surface area contributed by atoms with E-state index in [1.165, 1.54) is 31.2 Å². The third-order valence-electron chi connectivity index (χ3n) is 3.81. The zero-order chi connectivity index (χ0) is 12.8. The molecule has 3 N–H and O–H groups in total. The number of primary amides is 1. The summed E-state index contributed by atoms with van der Waals surface area (Å²) in [6.45, 7) is 0.286. The van der Waals surface area contributed by atoms with Gasteiger partial charge in [-0.15, -0.1) is 0 Å². The van der Waals surface area contributed by atoms with E-state index in [9.17, 15) is 4.79 Å². The Hall–Kier alpha value is -1.35. The van der Waals surface area contributed by atoms with E-state index in [1.54, 1.807) is 0 Å².